The van der Waals surface area contributed by atoms with Gasteiger partial charge in [0.2, 0.25) is 5.91 Å². The molecule has 2 amide bonds. The van der Waals surface area contributed by atoms with Crippen LogP contribution < -0.4 is 5.32 Å². The fourth-order valence-corrected chi connectivity index (χ4v) is 5.56. The summed E-state index contributed by atoms with van der Waals surface area (Å²) in [5.74, 6) is -2.04. The topological polar surface area (TPSA) is 75.7 Å². The zero-order chi connectivity index (χ0) is 27.4. The highest BCUT2D eigenvalue weighted by atomic mass is 19.4. The highest BCUT2D eigenvalue weighted by molar-refractivity contribution is 6.06. The average Bonchev–Trinajstić information content (AvgIpc) is 2.92. The minimum Gasteiger partial charge on any atom is -0.465 e. The number of carbonyl (C=O) groups is 3. The maximum atomic E-state index is 12.9. The van der Waals surface area contributed by atoms with Gasteiger partial charge in [-0.05, 0) is 92.8 Å². The van der Waals surface area contributed by atoms with Crippen LogP contribution >= 0.6 is 0 Å². The number of ether oxygens (including phenoxy) is 1. The van der Waals surface area contributed by atoms with E-state index in [1.54, 1.807) is 25.1 Å². The molecular weight excluding hydrogens is 497 g/mol. The van der Waals surface area contributed by atoms with Gasteiger partial charge in [-0.2, -0.15) is 13.2 Å². The van der Waals surface area contributed by atoms with Gasteiger partial charge in [-0.15, -0.1) is 0 Å². The molecule has 1 aliphatic heterocycles. The highest BCUT2D eigenvalue weighted by Gasteiger charge is 2.43. The molecule has 0 spiro atoms. The van der Waals surface area contributed by atoms with Crippen molar-refractivity contribution < 1.29 is 32.3 Å². The molecular formula is C29H33F3N2O4. The van der Waals surface area contributed by atoms with Gasteiger partial charge in [0.25, 0.3) is 5.91 Å². The summed E-state index contributed by atoms with van der Waals surface area (Å²) in [6.45, 7) is 2.96. The molecule has 1 N–H and O–H groups in total. The van der Waals surface area contributed by atoms with Crippen molar-refractivity contribution in [3.8, 4) is 0 Å². The molecule has 204 valence electrons. The van der Waals surface area contributed by atoms with E-state index in [1.165, 1.54) is 7.11 Å². The van der Waals surface area contributed by atoms with Gasteiger partial charge in [0.05, 0.1) is 18.6 Å². The molecule has 6 nitrogen and oxygen atoms in total. The quantitative estimate of drug-likeness (QED) is 0.474. The third-order valence-electron chi connectivity index (χ3n) is 7.88. The Kier molecular flexibility index (Phi) is 8.43. The van der Waals surface area contributed by atoms with Gasteiger partial charge in [0.1, 0.15) is 0 Å². The van der Waals surface area contributed by atoms with E-state index >= 15 is 0 Å². The summed E-state index contributed by atoms with van der Waals surface area (Å²) in [5, 5.41) is 2.88. The van der Waals surface area contributed by atoms with Crippen LogP contribution in [0.5, 0.6) is 0 Å². The van der Waals surface area contributed by atoms with Crippen LogP contribution in [0.15, 0.2) is 42.5 Å². The zero-order valence-electron chi connectivity index (χ0n) is 21.6. The number of piperidine rings is 1. The molecule has 9 heteroatoms. The normalized spacial score (nSPS) is 20.6. The largest absolute Gasteiger partial charge is 0.465 e. The van der Waals surface area contributed by atoms with E-state index < -0.39 is 18.1 Å². The summed E-state index contributed by atoms with van der Waals surface area (Å²) in [5.41, 5.74) is 3.28. The first-order valence-electron chi connectivity index (χ1n) is 13.0. The first kappa shape index (κ1) is 27.7. The average molecular weight is 531 g/mol. The van der Waals surface area contributed by atoms with Crippen LogP contribution in [0.25, 0.3) is 0 Å². The molecule has 1 saturated carbocycles. The second kappa shape index (κ2) is 11.6. The summed E-state index contributed by atoms with van der Waals surface area (Å²) in [6, 6.07) is 12.4. The van der Waals surface area contributed by atoms with E-state index in [2.05, 4.69) is 5.32 Å². The maximum absolute atomic E-state index is 12.9. The van der Waals surface area contributed by atoms with Crippen molar-refractivity contribution in [2.24, 2.45) is 11.8 Å². The molecule has 1 saturated heterocycles. The number of methoxy groups -OCH3 is 1. The van der Waals surface area contributed by atoms with Gasteiger partial charge < -0.3 is 15.0 Å². The van der Waals surface area contributed by atoms with Crippen molar-refractivity contribution in [3.05, 3.63) is 64.7 Å². The van der Waals surface area contributed by atoms with Gasteiger partial charge >= 0.3 is 12.1 Å². The van der Waals surface area contributed by atoms with E-state index in [0.29, 0.717) is 48.3 Å². The lowest BCUT2D eigenvalue weighted by molar-refractivity contribution is -0.185. The first-order chi connectivity index (χ1) is 18.1. The summed E-state index contributed by atoms with van der Waals surface area (Å²) in [7, 11) is 1.31. The number of aryl methyl sites for hydroxylation is 1. The van der Waals surface area contributed by atoms with Crippen molar-refractivity contribution >= 4 is 23.5 Å². The van der Waals surface area contributed by atoms with E-state index in [-0.39, 0.29) is 36.5 Å². The Morgan fingerprint density at radius 2 is 1.55 bits per heavy atom. The minimum absolute atomic E-state index is 0.00273. The second-order valence-electron chi connectivity index (χ2n) is 10.3. The van der Waals surface area contributed by atoms with Crippen LogP contribution in [-0.4, -0.2) is 49.1 Å². The molecule has 0 aromatic heterocycles. The Bertz CT molecular complexity index is 1160. The van der Waals surface area contributed by atoms with Crippen LogP contribution in [-0.2, 0) is 9.53 Å². The monoisotopic (exact) mass is 530 g/mol. The predicted molar refractivity (Wildman–Crippen MR) is 137 cm³/mol. The number of nitrogens with one attached hydrogen (secondary N) is 1. The van der Waals surface area contributed by atoms with E-state index in [1.807, 2.05) is 29.2 Å². The van der Waals surface area contributed by atoms with E-state index in [9.17, 15) is 27.6 Å². The molecule has 0 unspecified atom stereocenters. The van der Waals surface area contributed by atoms with Crippen molar-refractivity contribution in [1.29, 1.82) is 0 Å². The molecule has 38 heavy (non-hydrogen) atoms. The number of carbonyl (C=O) groups excluding carboxylic acids is 3. The predicted octanol–water partition coefficient (Wildman–Crippen LogP) is 6.11. The smallest absolute Gasteiger partial charge is 0.391 e. The number of nitrogens with zero attached hydrogens (tertiary/aromatic N) is 1. The lowest BCUT2D eigenvalue weighted by Crippen LogP contribution is -2.43. The van der Waals surface area contributed by atoms with Crippen molar-refractivity contribution in [3.63, 3.8) is 0 Å². The number of anilines is 1. The van der Waals surface area contributed by atoms with Gasteiger partial charge in [0, 0.05) is 30.3 Å². The Morgan fingerprint density at radius 3 is 2.11 bits per heavy atom. The summed E-state index contributed by atoms with van der Waals surface area (Å²) in [6.07, 6.45) is -1.88. The number of hydrogen-bond donors (Lipinski definition) is 1. The van der Waals surface area contributed by atoms with Crippen LogP contribution in [0, 0.1) is 18.8 Å². The number of alkyl halides is 3. The van der Waals surface area contributed by atoms with Crippen molar-refractivity contribution in [2.75, 3.05) is 25.5 Å². The first-order valence-corrected chi connectivity index (χ1v) is 13.0. The number of rotatable bonds is 5. The fourth-order valence-electron chi connectivity index (χ4n) is 5.56. The zero-order valence-corrected chi connectivity index (χ0v) is 21.6. The number of likely N-dealkylation sites (tertiary alicyclic amines) is 1. The lowest BCUT2D eigenvalue weighted by Gasteiger charge is -2.36. The third-order valence-corrected chi connectivity index (χ3v) is 7.88. The third kappa shape index (κ3) is 6.37. The molecule has 2 fully saturated rings. The van der Waals surface area contributed by atoms with Crippen LogP contribution in [0.1, 0.15) is 76.3 Å². The summed E-state index contributed by atoms with van der Waals surface area (Å²) >= 11 is 0. The molecule has 2 aliphatic rings. The number of benzene rings is 2. The second-order valence-corrected chi connectivity index (χ2v) is 10.3. The summed E-state index contributed by atoms with van der Waals surface area (Å²) < 4.78 is 43.5. The molecule has 0 bridgehead atoms. The number of hydrogen-bond acceptors (Lipinski definition) is 4. The molecule has 2 aromatic carbocycles. The van der Waals surface area contributed by atoms with E-state index in [4.69, 9.17) is 4.74 Å². The van der Waals surface area contributed by atoms with Crippen molar-refractivity contribution in [1.82, 2.24) is 4.90 Å². The van der Waals surface area contributed by atoms with Crippen LogP contribution in [0.4, 0.5) is 18.9 Å². The Labute approximate surface area is 220 Å². The standard InChI is InChI=1S/C29H33F3N2O4/c1-18-17-22(28(37)38-2)7-12-25(18)26(35)33-24-10-5-19(6-11-24)20-13-15-34(16-14-20)27(36)21-3-8-23(9-4-21)29(30,31)32/h5-7,10-12,17,20-21,23H,3-4,8-9,13-16H2,1-2H3,(H,33,35). The highest BCUT2D eigenvalue weighted by Crippen LogP contribution is 2.40. The Morgan fingerprint density at radius 1 is 0.921 bits per heavy atom. The molecule has 0 radical (unpaired) electrons. The van der Waals surface area contributed by atoms with Crippen molar-refractivity contribution in [2.45, 2.75) is 57.5 Å². The minimum atomic E-state index is -4.17. The van der Waals surface area contributed by atoms with Gasteiger partial charge in [-0.3, -0.25) is 9.59 Å². The van der Waals surface area contributed by atoms with Gasteiger partial charge in [0.15, 0.2) is 0 Å². The maximum Gasteiger partial charge on any atom is 0.391 e. The fraction of sp³-hybridized carbons (Fsp3) is 0.483. The Balaban J connectivity index is 1.28. The van der Waals surface area contributed by atoms with Gasteiger partial charge in [-0.1, -0.05) is 12.1 Å². The molecule has 1 aliphatic carbocycles. The number of amides is 2. The summed E-state index contributed by atoms with van der Waals surface area (Å²) in [4.78, 5) is 39.1. The van der Waals surface area contributed by atoms with E-state index in [0.717, 1.165) is 18.4 Å². The molecule has 0 atom stereocenters. The van der Waals surface area contributed by atoms with Crippen LogP contribution in [0.3, 0.4) is 0 Å². The number of esters is 1. The Hall–Kier alpha value is -3.36. The molecule has 4 rings (SSSR count). The van der Waals surface area contributed by atoms with Crippen LogP contribution in [0.2, 0.25) is 0 Å². The molecule has 1 heterocycles. The molecule has 2 aromatic rings. The SMILES string of the molecule is COC(=O)c1ccc(C(=O)Nc2ccc(C3CCN(C(=O)C4CCC(C(F)(F)F)CC4)CC3)cc2)c(C)c1. The number of halogens is 3. The lowest BCUT2D eigenvalue weighted by atomic mass is 9.80. The van der Waals surface area contributed by atoms with Gasteiger partial charge in [-0.25, -0.2) is 4.79 Å².